The molecule has 0 fully saturated rings. The fourth-order valence-electron chi connectivity index (χ4n) is 1.56. The number of aryl methyl sites for hydroxylation is 1. The molecule has 0 aromatic heterocycles. The van der Waals surface area contributed by atoms with Crippen molar-refractivity contribution in [3.63, 3.8) is 0 Å². The highest BCUT2D eigenvalue weighted by molar-refractivity contribution is 5.35. The van der Waals surface area contributed by atoms with E-state index >= 15 is 0 Å². The maximum atomic E-state index is 7.61. The molecule has 0 saturated heterocycles. The molecule has 0 amide bonds. The second-order valence-corrected chi connectivity index (χ2v) is 2.79. The largest absolute Gasteiger partial charge is 0.671 e. The first-order valence-electron chi connectivity index (χ1n) is 3.67. The van der Waals surface area contributed by atoms with Crippen molar-refractivity contribution in [2.75, 3.05) is 0 Å². The van der Waals surface area contributed by atoms with Gasteiger partial charge in [0.2, 0.25) is 0 Å². The third-order valence-corrected chi connectivity index (χ3v) is 2.13. The van der Waals surface area contributed by atoms with Crippen molar-refractivity contribution >= 4 is 0 Å². The van der Waals surface area contributed by atoms with E-state index in [1.54, 1.807) is 0 Å². The Balaban J connectivity index is 2.51. The fourth-order valence-corrected chi connectivity index (χ4v) is 1.56. The second kappa shape index (κ2) is 2.10. The molecule has 0 saturated carbocycles. The van der Waals surface area contributed by atoms with Crippen LogP contribution in [0.5, 0.6) is 0 Å². The quantitative estimate of drug-likeness (QED) is 0.518. The fraction of sp³-hybridized carbons (Fsp3) is 0.333. The van der Waals surface area contributed by atoms with E-state index in [0.29, 0.717) is 0 Å². The van der Waals surface area contributed by atoms with Gasteiger partial charge in [-0.15, -0.1) is 6.04 Å². The molecule has 1 unspecified atom stereocenters. The van der Waals surface area contributed by atoms with Crippen molar-refractivity contribution in [3.05, 3.63) is 41.1 Å². The zero-order chi connectivity index (χ0) is 6.97. The SMILES string of the molecule is [NH-]C1CCc2ccccc21. The summed E-state index contributed by atoms with van der Waals surface area (Å²) in [5.74, 6) is 0. The van der Waals surface area contributed by atoms with Crippen molar-refractivity contribution in [2.45, 2.75) is 18.9 Å². The van der Waals surface area contributed by atoms with Gasteiger partial charge in [0, 0.05) is 0 Å². The van der Waals surface area contributed by atoms with Crippen LogP contribution >= 0.6 is 0 Å². The summed E-state index contributed by atoms with van der Waals surface area (Å²) in [7, 11) is 0. The van der Waals surface area contributed by atoms with Gasteiger partial charge in [-0.25, -0.2) is 0 Å². The first-order chi connectivity index (χ1) is 4.88. The smallest absolute Gasteiger partial charge is 0.0288 e. The first kappa shape index (κ1) is 5.93. The molecule has 1 aromatic rings. The predicted molar refractivity (Wildman–Crippen MR) is 41.8 cm³/mol. The minimum absolute atomic E-state index is 0.0520. The van der Waals surface area contributed by atoms with Crippen molar-refractivity contribution in [2.24, 2.45) is 0 Å². The van der Waals surface area contributed by atoms with E-state index in [-0.39, 0.29) is 6.04 Å². The Kier molecular flexibility index (Phi) is 1.24. The van der Waals surface area contributed by atoms with Crippen molar-refractivity contribution in [1.82, 2.24) is 0 Å². The van der Waals surface area contributed by atoms with E-state index in [1.165, 1.54) is 11.1 Å². The Morgan fingerprint density at radius 2 is 2.10 bits per heavy atom. The molecular weight excluding hydrogens is 122 g/mol. The molecule has 10 heavy (non-hydrogen) atoms. The van der Waals surface area contributed by atoms with Crippen LogP contribution in [0, 0.1) is 0 Å². The van der Waals surface area contributed by atoms with Crippen molar-refractivity contribution < 1.29 is 0 Å². The predicted octanol–water partition coefficient (Wildman–Crippen LogP) is 2.73. The lowest BCUT2D eigenvalue weighted by molar-refractivity contribution is 0.818. The van der Waals surface area contributed by atoms with Crippen LogP contribution in [0.25, 0.3) is 5.73 Å². The van der Waals surface area contributed by atoms with Gasteiger partial charge in [-0.1, -0.05) is 36.2 Å². The lowest BCUT2D eigenvalue weighted by atomic mass is 10.1. The summed E-state index contributed by atoms with van der Waals surface area (Å²) in [4.78, 5) is 0. The summed E-state index contributed by atoms with van der Waals surface area (Å²) in [6, 6.07) is 8.32. The number of hydrogen-bond donors (Lipinski definition) is 0. The van der Waals surface area contributed by atoms with Gasteiger partial charge in [0.05, 0.1) is 0 Å². The van der Waals surface area contributed by atoms with Gasteiger partial charge in [-0.2, -0.15) is 0 Å². The lowest BCUT2D eigenvalue weighted by Crippen LogP contribution is -1.82. The summed E-state index contributed by atoms with van der Waals surface area (Å²) >= 11 is 0. The standard InChI is InChI=1S/C9H10N/c10-9-6-5-7-3-1-2-4-8(7)9/h1-4,9-10H,5-6H2/q-1. The molecule has 1 nitrogen and oxygen atoms in total. The third-order valence-electron chi connectivity index (χ3n) is 2.13. The van der Waals surface area contributed by atoms with E-state index < -0.39 is 0 Å². The number of hydrogen-bond acceptors (Lipinski definition) is 0. The minimum Gasteiger partial charge on any atom is -0.671 e. The lowest BCUT2D eigenvalue weighted by Gasteiger charge is -2.12. The van der Waals surface area contributed by atoms with Gasteiger partial charge in [-0.05, 0) is 12.0 Å². The van der Waals surface area contributed by atoms with Crippen LogP contribution in [0.1, 0.15) is 23.6 Å². The number of fused-ring (bicyclic) bond motifs is 1. The average Bonchev–Trinajstić information content (AvgIpc) is 2.34. The Bertz CT molecular complexity index is 242. The maximum absolute atomic E-state index is 7.61. The Morgan fingerprint density at radius 3 is 2.90 bits per heavy atom. The van der Waals surface area contributed by atoms with Crippen molar-refractivity contribution in [3.8, 4) is 0 Å². The molecule has 1 atom stereocenters. The van der Waals surface area contributed by atoms with Crippen molar-refractivity contribution in [1.29, 1.82) is 0 Å². The summed E-state index contributed by atoms with van der Waals surface area (Å²) in [5.41, 5.74) is 10.2. The molecule has 0 radical (unpaired) electrons. The molecule has 1 aliphatic rings. The number of rotatable bonds is 0. The molecule has 1 heteroatoms. The van der Waals surface area contributed by atoms with Gasteiger partial charge in [-0.3, -0.25) is 0 Å². The summed E-state index contributed by atoms with van der Waals surface area (Å²) in [5, 5.41) is 0. The molecule has 52 valence electrons. The van der Waals surface area contributed by atoms with Gasteiger partial charge in [0.25, 0.3) is 0 Å². The first-order valence-corrected chi connectivity index (χ1v) is 3.67. The summed E-state index contributed by atoms with van der Waals surface area (Å²) in [6.45, 7) is 0. The highest BCUT2D eigenvalue weighted by Gasteiger charge is 2.11. The van der Waals surface area contributed by atoms with Gasteiger partial charge in [0.15, 0.2) is 0 Å². The highest BCUT2D eigenvalue weighted by atomic mass is 14.6. The van der Waals surface area contributed by atoms with Gasteiger partial charge < -0.3 is 5.73 Å². The Morgan fingerprint density at radius 1 is 1.30 bits per heavy atom. The maximum Gasteiger partial charge on any atom is -0.0288 e. The van der Waals surface area contributed by atoms with Crippen LogP contribution in [0.15, 0.2) is 24.3 Å². The van der Waals surface area contributed by atoms with E-state index in [0.717, 1.165) is 12.8 Å². The Hall–Kier alpha value is -0.820. The zero-order valence-corrected chi connectivity index (χ0v) is 5.80. The van der Waals surface area contributed by atoms with Crippen LogP contribution in [-0.4, -0.2) is 0 Å². The van der Waals surface area contributed by atoms with E-state index in [9.17, 15) is 0 Å². The highest BCUT2D eigenvalue weighted by Crippen LogP contribution is 2.32. The molecule has 0 heterocycles. The van der Waals surface area contributed by atoms with E-state index in [1.807, 2.05) is 6.07 Å². The minimum atomic E-state index is 0.0520. The Labute approximate surface area is 60.9 Å². The van der Waals surface area contributed by atoms with Gasteiger partial charge >= 0.3 is 0 Å². The molecular formula is C9H10N-. The van der Waals surface area contributed by atoms with Gasteiger partial charge in [0.1, 0.15) is 0 Å². The average molecular weight is 132 g/mol. The van der Waals surface area contributed by atoms with E-state index in [4.69, 9.17) is 5.73 Å². The molecule has 0 aliphatic heterocycles. The van der Waals surface area contributed by atoms with Crippen LogP contribution in [0.3, 0.4) is 0 Å². The monoisotopic (exact) mass is 132 g/mol. The van der Waals surface area contributed by atoms with Crippen LogP contribution < -0.4 is 0 Å². The molecule has 1 aliphatic carbocycles. The molecule has 2 rings (SSSR count). The topological polar surface area (TPSA) is 23.8 Å². The molecule has 1 aromatic carbocycles. The summed E-state index contributed by atoms with van der Waals surface area (Å²) < 4.78 is 0. The second-order valence-electron chi connectivity index (χ2n) is 2.79. The molecule has 0 bridgehead atoms. The third kappa shape index (κ3) is 0.745. The molecule has 0 spiro atoms. The normalized spacial score (nSPS) is 22.7. The zero-order valence-electron chi connectivity index (χ0n) is 5.80. The van der Waals surface area contributed by atoms with E-state index in [2.05, 4.69) is 18.2 Å². The number of benzene rings is 1. The molecule has 1 N–H and O–H groups in total. The van der Waals surface area contributed by atoms with Crippen LogP contribution in [0.4, 0.5) is 0 Å². The summed E-state index contributed by atoms with van der Waals surface area (Å²) in [6.07, 6.45) is 2.11. The van der Waals surface area contributed by atoms with Crippen LogP contribution in [0.2, 0.25) is 0 Å². The van der Waals surface area contributed by atoms with Crippen LogP contribution in [-0.2, 0) is 6.42 Å². The number of nitrogens with one attached hydrogen (secondary N) is 1.